The van der Waals surface area contributed by atoms with E-state index in [0.717, 1.165) is 24.6 Å². The van der Waals surface area contributed by atoms with Crippen LogP contribution in [0.3, 0.4) is 0 Å². The Kier molecular flexibility index (Phi) is 4.25. The van der Waals surface area contributed by atoms with Crippen molar-refractivity contribution in [2.24, 2.45) is 0 Å². The van der Waals surface area contributed by atoms with Crippen LogP contribution in [0, 0.1) is 0 Å². The highest BCUT2D eigenvalue weighted by molar-refractivity contribution is 5.43. The lowest BCUT2D eigenvalue weighted by Crippen LogP contribution is -2.35. The fourth-order valence-corrected chi connectivity index (χ4v) is 2.04. The van der Waals surface area contributed by atoms with Crippen molar-refractivity contribution in [2.75, 3.05) is 11.4 Å². The molecular weight excluding hydrogens is 234 g/mol. The summed E-state index contributed by atoms with van der Waals surface area (Å²) in [5.74, 6) is 1.08. The van der Waals surface area contributed by atoms with Crippen LogP contribution in [0.4, 0.5) is 5.82 Å². The van der Waals surface area contributed by atoms with Crippen molar-refractivity contribution in [3.63, 3.8) is 0 Å². The van der Waals surface area contributed by atoms with Gasteiger partial charge in [0, 0.05) is 24.7 Å². The molecule has 1 saturated carbocycles. The molecule has 1 aromatic heterocycles. The average Bonchev–Trinajstić information content (AvgIpc) is 3.17. The van der Waals surface area contributed by atoms with Crippen LogP contribution in [0.2, 0.25) is 0 Å². The van der Waals surface area contributed by atoms with E-state index in [1.165, 1.54) is 12.8 Å². The van der Waals surface area contributed by atoms with Crippen molar-refractivity contribution in [3.05, 3.63) is 36.5 Å². The summed E-state index contributed by atoms with van der Waals surface area (Å²) in [5, 5.41) is 3.48. The van der Waals surface area contributed by atoms with Crippen LogP contribution < -0.4 is 10.2 Å². The smallest absolute Gasteiger partial charge is 0.129 e. The molecule has 0 saturated heterocycles. The van der Waals surface area contributed by atoms with Crippen molar-refractivity contribution in [1.29, 1.82) is 0 Å². The summed E-state index contributed by atoms with van der Waals surface area (Å²) in [6.45, 7) is 12.1. The van der Waals surface area contributed by atoms with E-state index >= 15 is 0 Å². The number of rotatable bonds is 6. The molecule has 0 aliphatic heterocycles. The molecular formula is C16H25N3. The summed E-state index contributed by atoms with van der Waals surface area (Å²) >= 11 is 0. The molecule has 1 aliphatic carbocycles. The van der Waals surface area contributed by atoms with E-state index in [-0.39, 0.29) is 5.54 Å². The zero-order valence-electron chi connectivity index (χ0n) is 12.3. The van der Waals surface area contributed by atoms with E-state index in [4.69, 9.17) is 4.98 Å². The van der Waals surface area contributed by atoms with E-state index in [0.29, 0.717) is 6.04 Å². The zero-order chi connectivity index (χ0) is 13.9. The van der Waals surface area contributed by atoms with Crippen LogP contribution >= 0.6 is 0 Å². The molecule has 104 valence electrons. The number of anilines is 1. The van der Waals surface area contributed by atoms with E-state index in [1.54, 1.807) is 0 Å². The van der Waals surface area contributed by atoms with Gasteiger partial charge in [0.1, 0.15) is 5.82 Å². The number of pyridine rings is 1. The molecule has 3 nitrogen and oxygen atoms in total. The lowest BCUT2D eigenvalue weighted by atomic mass is 10.1. The molecule has 19 heavy (non-hydrogen) atoms. The predicted octanol–water partition coefficient (Wildman–Crippen LogP) is 3.12. The molecule has 0 aromatic carbocycles. The summed E-state index contributed by atoms with van der Waals surface area (Å²) < 4.78 is 0. The Hall–Kier alpha value is -1.35. The first kappa shape index (κ1) is 14.1. The second-order valence-electron chi connectivity index (χ2n) is 6.26. The number of nitrogens with one attached hydrogen (secondary N) is 1. The van der Waals surface area contributed by atoms with Gasteiger partial charge < -0.3 is 10.2 Å². The highest BCUT2D eigenvalue weighted by Gasteiger charge is 2.29. The van der Waals surface area contributed by atoms with Crippen LogP contribution in [0.25, 0.3) is 0 Å². The first-order chi connectivity index (χ1) is 8.99. The monoisotopic (exact) mass is 259 g/mol. The molecule has 1 fully saturated rings. The molecule has 0 bridgehead atoms. The van der Waals surface area contributed by atoms with Gasteiger partial charge in [0.2, 0.25) is 0 Å². The number of nitrogens with zero attached hydrogens (tertiary/aromatic N) is 2. The molecule has 1 heterocycles. The summed E-state index contributed by atoms with van der Waals surface area (Å²) in [6.07, 6.45) is 4.51. The third-order valence-electron chi connectivity index (χ3n) is 3.20. The largest absolute Gasteiger partial charge is 0.350 e. The molecule has 1 aromatic rings. The van der Waals surface area contributed by atoms with Gasteiger partial charge in [-0.3, -0.25) is 0 Å². The quantitative estimate of drug-likeness (QED) is 0.796. The Morgan fingerprint density at radius 3 is 2.74 bits per heavy atom. The van der Waals surface area contributed by atoms with Crippen LogP contribution in [-0.4, -0.2) is 23.1 Å². The van der Waals surface area contributed by atoms with Crippen LogP contribution in [0.5, 0.6) is 0 Å². The van der Waals surface area contributed by atoms with Crippen LogP contribution in [0.1, 0.15) is 39.3 Å². The normalized spacial score (nSPS) is 15.3. The molecule has 0 unspecified atom stereocenters. The highest BCUT2D eigenvalue weighted by atomic mass is 15.2. The third kappa shape index (κ3) is 4.35. The minimum Gasteiger partial charge on any atom is -0.350 e. The van der Waals surface area contributed by atoms with Crippen molar-refractivity contribution < 1.29 is 0 Å². The summed E-state index contributed by atoms with van der Waals surface area (Å²) in [7, 11) is 0. The second-order valence-corrected chi connectivity index (χ2v) is 6.26. The van der Waals surface area contributed by atoms with Crippen molar-refractivity contribution in [2.45, 2.75) is 51.7 Å². The minimum absolute atomic E-state index is 0.120. The van der Waals surface area contributed by atoms with Gasteiger partial charge in [0.15, 0.2) is 0 Å². The maximum absolute atomic E-state index is 4.77. The standard InChI is InChI=1S/C16H25N3/c1-5-11-19(14-9-10-14)15-8-6-7-13(18-15)12-17-16(2,3)4/h5-8,14,17H,1,9-12H2,2-4H3. The fraction of sp³-hybridized carbons (Fsp3) is 0.562. The lowest BCUT2D eigenvalue weighted by Gasteiger charge is -2.23. The van der Waals surface area contributed by atoms with Gasteiger partial charge in [0.05, 0.1) is 5.69 Å². The van der Waals surface area contributed by atoms with Crippen molar-refractivity contribution in [3.8, 4) is 0 Å². The van der Waals surface area contributed by atoms with Crippen LogP contribution in [-0.2, 0) is 6.54 Å². The van der Waals surface area contributed by atoms with E-state index in [2.05, 4.69) is 55.8 Å². The molecule has 1 aliphatic rings. The Bertz CT molecular complexity index is 430. The maximum atomic E-state index is 4.77. The molecule has 0 atom stereocenters. The first-order valence-electron chi connectivity index (χ1n) is 7.08. The van der Waals surface area contributed by atoms with Gasteiger partial charge in [-0.15, -0.1) is 6.58 Å². The van der Waals surface area contributed by atoms with E-state index in [9.17, 15) is 0 Å². The maximum Gasteiger partial charge on any atom is 0.129 e. The van der Waals surface area contributed by atoms with E-state index < -0.39 is 0 Å². The summed E-state index contributed by atoms with van der Waals surface area (Å²) in [5.41, 5.74) is 1.22. The van der Waals surface area contributed by atoms with Crippen LogP contribution in [0.15, 0.2) is 30.9 Å². The van der Waals surface area contributed by atoms with Crippen molar-refractivity contribution >= 4 is 5.82 Å². The average molecular weight is 259 g/mol. The van der Waals surface area contributed by atoms with Gasteiger partial charge in [-0.25, -0.2) is 4.98 Å². The molecule has 2 rings (SSSR count). The Morgan fingerprint density at radius 1 is 1.42 bits per heavy atom. The lowest BCUT2D eigenvalue weighted by molar-refractivity contribution is 0.421. The first-order valence-corrected chi connectivity index (χ1v) is 7.08. The van der Waals surface area contributed by atoms with Gasteiger partial charge in [-0.1, -0.05) is 12.1 Å². The third-order valence-corrected chi connectivity index (χ3v) is 3.20. The zero-order valence-corrected chi connectivity index (χ0v) is 12.3. The molecule has 0 spiro atoms. The SMILES string of the molecule is C=CCN(c1cccc(CNC(C)(C)C)n1)C1CC1. The number of hydrogen-bond acceptors (Lipinski definition) is 3. The van der Waals surface area contributed by atoms with Gasteiger partial charge in [-0.2, -0.15) is 0 Å². The molecule has 1 N–H and O–H groups in total. The molecule has 0 radical (unpaired) electrons. The minimum atomic E-state index is 0.120. The van der Waals surface area contributed by atoms with Gasteiger partial charge >= 0.3 is 0 Å². The number of hydrogen-bond donors (Lipinski definition) is 1. The number of aromatic nitrogens is 1. The summed E-state index contributed by atoms with van der Waals surface area (Å²) in [4.78, 5) is 7.13. The Labute approximate surface area is 116 Å². The predicted molar refractivity (Wildman–Crippen MR) is 81.4 cm³/mol. The molecule has 0 amide bonds. The highest BCUT2D eigenvalue weighted by Crippen LogP contribution is 2.30. The van der Waals surface area contributed by atoms with Gasteiger partial charge in [-0.05, 0) is 45.7 Å². The molecule has 3 heteroatoms. The van der Waals surface area contributed by atoms with Gasteiger partial charge in [0.25, 0.3) is 0 Å². The fourth-order valence-electron chi connectivity index (χ4n) is 2.04. The Balaban J connectivity index is 2.07. The summed E-state index contributed by atoms with van der Waals surface area (Å²) in [6, 6.07) is 6.95. The second kappa shape index (κ2) is 5.74. The van der Waals surface area contributed by atoms with E-state index in [1.807, 2.05) is 6.08 Å². The topological polar surface area (TPSA) is 28.2 Å². The van der Waals surface area contributed by atoms with Crippen molar-refractivity contribution in [1.82, 2.24) is 10.3 Å². The Morgan fingerprint density at radius 2 is 2.16 bits per heavy atom.